The van der Waals surface area contributed by atoms with Gasteiger partial charge in [-0.15, -0.1) is 11.3 Å². The average molecular weight is 346 g/mol. The van der Waals surface area contributed by atoms with Crippen molar-refractivity contribution in [3.05, 3.63) is 39.8 Å². The molecule has 0 unspecified atom stereocenters. The first-order chi connectivity index (χ1) is 11.7. The van der Waals surface area contributed by atoms with Crippen LogP contribution in [-0.4, -0.2) is 31.2 Å². The number of aryl methyl sites for hydroxylation is 2. The third kappa shape index (κ3) is 4.06. The summed E-state index contributed by atoms with van der Waals surface area (Å²) in [4.78, 5) is 17.4. The van der Waals surface area contributed by atoms with Crippen LogP contribution < -0.4 is 14.8 Å². The summed E-state index contributed by atoms with van der Waals surface area (Å²) in [5.74, 6) is 2.08. The van der Waals surface area contributed by atoms with Crippen molar-refractivity contribution in [2.75, 3.05) is 20.3 Å². The Bertz CT molecular complexity index is 714. The lowest BCUT2D eigenvalue weighted by molar-refractivity contribution is -0.121. The van der Waals surface area contributed by atoms with Gasteiger partial charge in [0.05, 0.1) is 24.9 Å². The van der Waals surface area contributed by atoms with Gasteiger partial charge in [-0.2, -0.15) is 0 Å². The van der Waals surface area contributed by atoms with Gasteiger partial charge in [0.2, 0.25) is 5.91 Å². The maximum absolute atomic E-state index is 12.0. The molecule has 2 aromatic rings. The normalized spacial score (nSPS) is 16.2. The van der Waals surface area contributed by atoms with Crippen molar-refractivity contribution in [3.8, 4) is 11.5 Å². The molecule has 24 heavy (non-hydrogen) atoms. The summed E-state index contributed by atoms with van der Waals surface area (Å²) >= 11 is 1.61. The molecule has 1 aromatic carbocycles. The first kappa shape index (κ1) is 16.8. The maximum Gasteiger partial charge on any atom is 0.220 e. The fourth-order valence-corrected chi connectivity index (χ4v) is 3.59. The molecule has 1 atom stereocenters. The van der Waals surface area contributed by atoms with Crippen LogP contribution in [0.4, 0.5) is 0 Å². The zero-order valence-electron chi connectivity index (χ0n) is 14.0. The Morgan fingerprint density at radius 1 is 1.50 bits per heavy atom. The SMILES string of the molecule is COc1ccc2c(c1)OC[C@H](CNC(=O)CCc1scnc1C)C2. The first-order valence-electron chi connectivity index (χ1n) is 8.11. The van der Waals surface area contributed by atoms with Crippen molar-refractivity contribution in [1.29, 1.82) is 0 Å². The van der Waals surface area contributed by atoms with E-state index < -0.39 is 0 Å². The molecule has 128 valence electrons. The van der Waals surface area contributed by atoms with E-state index in [0.29, 0.717) is 25.5 Å². The topological polar surface area (TPSA) is 60.5 Å². The Labute approximate surface area is 146 Å². The summed E-state index contributed by atoms with van der Waals surface area (Å²) in [6, 6.07) is 5.90. The summed E-state index contributed by atoms with van der Waals surface area (Å²) in [5.41, 5.74) is 4.02. The fourth-order valence-electron chi connectivity index (χ4n) is 2.81. The predicted octanol–water partition coefficient (Wildman–Crippen LogP) is 2.76. The van der Waals surface area contributed by atoms with Crippen molar-refractivity contribution in [2.24, 2.45) is 5.92 Å². The Morgan fingerprint density at radius 3 is 3.12 bits per heavy atom. The second-order valence-electron chi connectivity index (χ2n) is 6.02. The van der Waals surface area contributed by atoms with Crippen LogP contribution in [0.25, 0.3) is 0 Å². The van der Waals surface area contributed by atoms with E-state index >= 15 is 0 Å². The zero-order valence-corrected chi connectivity index (χ0v) is 14.8. The van der Waals surface area contributed by atoms with Gasteiger partial charge in [0, 0.05) is 29.8 Å². The Hall–Kier alpha value is -2.08. The van der Waals surface area contributed by atoms with Gasteiger partial charge in [-0.1, -0.05) is 6.07 Å². The van der Waals surface area contributed by atoms with E-state index in [9.17, 15) is 4.79 Å². The summed E-state index contributed by atoms with van der Waals surface area (Å²) < 4.78 is 11.0. The first-order valence-corrected chi connectivity index (χ1v) is 8.99. The van der Waals surface area contributed by atoms with Crippen LogP contribution in [0.15, 0.2) is 23.7 Å². The number of amides is 1. The fraction of sp³-hybridized carbons (Fsp3) is 0.444. The van der Waals surface area contributed by atoms with Gasteiger partial charge in [0.15, 0.2) is 0 Å². The minimum absolute atomic E-state index is 0.0864. The molecule has 1 N–H and O–H groups in total. The van der Waals surface area contributed by atoms with Crippen LogP contribution in [0, 0.1) is 12.8 Å². The van der Waals surface area contributed by atoms with Gasteiger partial charge in [-0.3, -0.25) is 4.79 Å². The highest BCUT2D eigenvalue weighted by molar-refractivity contribution is 7.09. The minimum atomic E-state index is 0.0864. The molecule has 0 fully saturated rings. The molecule has 1 amide bonds. The van der Waals surface area contributed by atoms with E-state index in [2.05, 4.69) is 10.3 Å². The molecule has 0 saturated carbocycles. The van der Waals surface area contributed by atoms with Crippen LogP contribution in [-0.2, 0) is 17.6 Å². The number of rotatable bonds is 6. The van der Waals surface area contributed by atoms with Crippen LogP contribution in [0.3, 0.4) is 0 Å². The standard InChI is InChI=1S/C18H22N2O3S/c1-12-17(24-11-20-12)5-6-18(21)19-9-13-7-14-3-4-15(22-2)8-16(14)23-10-13/h3-4,8,11,13H,5-7,9-10H2,1-2H3,(H,19,21)/t13-/m0/s1. The number of nitrogens with one attached hydrogen (secondary N) is 1. The van der Waals surface area contributed by atoms with E-state index in [1.807, 2.05) is 30.6 Å². The second-order valence-corrected chi connectivity index (χ2v) is 6.96. The molecule has 1 aromatic heterocycles. The number of carbonyl (C=O) groups is 1. The lowest BCUT2D eigenvalue weighted by Gasteiger charge is -2.25. The number of aromatic nitrogens is 1. The number of fused-ring (bicyclic) bond motifs is 1. The Kier molecular flexibility index (Phi) is 5.35. The molecule has 0 radical (unpaired) electrons. The van der Waals surface area contributed by atoms with E-state index in [1.165, 1.54) is 10.4 Å². The maximum atomic E-state index is 12.0. The van der Waals surface area contributed by atoms with E-state index in [4.69, 9.17) is 9.47 Å². The molecule has 1 aliphatic heterocycles. The number of hydrogen-bond donors (Lipinski definition) is 1. The van der Waals surface area contributed by atoms with Gasteiger partial charge in [-0.05, 0) is 31.4 Å². The molecule has 2 heterocycles. The molecular formula is C18H22N2O3S. The third-order valence-electron chi connectivity index (χ3n) is 4.27. The molecule has 0 bridgehead atoms. The highest BCUT2D eigenvalue weighted by Crippen LogP contribution is 2.30. The highest BCUT2D eigenvalue weighted by atomic mass is 32.1. The van der Waals surface area contributed by atoms with Gasteiger partial charge in [0.1, 0.15) is 11.5 Å². The molecule has 6 heteroatoms. The predicted molar refractivity (Wildman–Crippen MR) is 93.9 cm³/mol. The smallest absolute Gasteiger partial charge is 0.220 e. The van der Waals surface area contributed by atoms with Crippen molar-refractivity contribution in [2.45, 2.75) is 26.2 Å². The highest BCUT2D eigenvalue weighted by Gasteiger charge is 2.21. The number of ether oxygens (including phenoxy) is 2. The Balaban J connectivity index is 1.45. The summed E-state index contributed by atoms with van der Waals surface area (Å²) in [6.45, 7) is 3.25. The zero-order chi connectivity index (χ0) is 16.9. The average Bonchev–Trinajstić information content (AvgIpc) is 3.02. The Morgan fingerprint density at radius 2 is 2.38 bits per heavy atom. The van der Waals surface area contributed by atoms with Crippen molar-refractivity contribution < 1.29 is 14.3 Å². The number of carbonyl (C=O) groups excluding carboxylic acids is 1. The number of nitrogens with zero attached hydrogens (tertiary/aromatic N) is 1. The minimum Gasteiger partial charge on any atom is -0.497 e. The lowest BCUT2D eigenvalue weighted by atomic mass is 9.96. The summed E-state index contributed by atoms with van der Waals surface area (Å²) in [7, 11) is 1.65. The molecule has 1 aliphatic rings. The van der Waals surface area contributed by atoms with Gasteiger partial charge < -0.3 is 14.8 Å². The number of hydrogen-bond acceptors (Lipinski definition) is 5. The molecule has 0 saturated heterocycles. The van der Waals surface area contributed by atoms with Crippen molar-refractivity contribution >= 4 is 17.2 Å². The molecule has 3 rings (SSSR count). The largest absolute Gasteiger partial charge is 0.497 e. The van der Waals surface area contributed by atoms with Gasteiger partial charge in [-0.25, -0.2) is 4.98 Å². The molecule has 0 spiro atoms. The van der Waals surface area contributed by atoms with Crippen LogP contribution in [0.1, 0.15) is 22.6 Å². The molecule has 5 nitrogen and oxygen atoms in total. The quantitative estimate of drug-likeness (QED) is 0.874. The lowest BCUT2D eigenvalue weighted by Crippen LogP contribution is -2.34. The van der Waals surface area contributed by atoms with E-state index in [0.717, 1.165) is 30.0 Å². The third-order valence-corrected chi connectivity index (χ3v) is 5.26. The van der Waals surface area contributed by atoms with Crippen molar-refractivity contribution in [1.82, 2.24) is 10.3 Å². The van der Waals surface area contributed by atoms with E-state index in [1.54, 1.807) is 18.4 Å². The van der Waals surface area contributed by atoms with Crippen molar-refractivity contribution in [3.63, 3.8) is 0 Å². The summed E-state index contributed by atoms with van der Waals surface area (Å²) in [6.07, 6.45) is 2.17. The number of methoxy groups -OCH3 is 1. The van der Waals surface area contributed by atoms with Crippen LogP contribution >= 0.6 is 11.3 Å². The van der Waals surface area contributed by atoms with Crippen LogP contribution in [0.5, 0.6) is 11.5 Å². The second kappa shape index (κ2) is 7.66. The monoisotopic (exact) mass is 346 g/mol. The molecular weight excluding hydrogens is 324 g/mol. The number of thiazole rings is 1. The molecule has 0 aliphatic carbocycles. The van der Waals surface area contributed by atoms with Gasteiger partial charge >= 0.3 is 0 Å². The number of benzene rings is 1. The van der Waals surface area contributed by atoms with E-state index in [-0.39, 0.29) is 5.91 Å². The van der Waals surface area contributed by atoms with Crippen LogP contribution in [0.2, 0.25) is 0 Å². The van der Waals surface area contributed by atoms with Gasteiger partial charge in [0.25, 0.3) is 0 Å². The summed E-state index contributed by atoms with van der Waals surface area (Å²) in [5, 5.41) is 3.03.